The number of amides is 2. The Morgan fingerprint density at radius 3 is 2.50 bits per heavy atom. The van der Waals surface area contributed by atoms with Crippen molar-refractivity contribution in [3.8, 4) is 0 Å². The molecular weight excluding hydrogens is 333 g/mol. The average molecular weight is 349 g/mol. The van der Waals surface area contributed by atoms with Gasteiger partial charge in [0.2, 0.25) is 0 Å². The van der Waals surface area contributed by atoms with Gasteiger partial charge in [-0.3, -0.25) is 14.6 Å². The Morgan fingerprint density at radius 2 is 1.73 bits per heavy atom. The van der Waals surface area contributed by atoms with E-state index in [-0.39, 0.29) is 24.2 Å². The minimum absolute atomic E-state index is 0.0811. The predicted molar refractivity (Wildman–Crippen MR) is 96.2 cm³/mol. The van der Waals surface area contributed by atoms with Gasteiger partial charge in [0.15, 0.2) is 0 Å². The largest absolute Gasteiger partial charge is 0.348 e. The Kier molecular flexibility index (Phi) is 5.34. The van der Waals surface area contributed by atoms with Crippen LogP contribution in [0.3, 0.4) is 0 Å². The molecular formula is C20H16FN3O2. The molecule has 2 aromatic carbocycles. The molecule has 0 spiro atoms. The third-order valence-corrected chi connectivity index (χ3v) is 3.70. The molecule has 0 atom stereocenters. The van der Waals surface area contributed by atoms with Crippen LogP contribution in [0.4, 0.5) is 10.1 Å². The summed E-state index contributed by atoms with van der Waals surface area (Å²) in [5, 5.41) is 5.38. The zero-order valence-electron chi connectivity index (χ0n) is 13.8. The maximum Gasteiger partial charge on any atom is 0.257 e. The van der Waals surface area contributed by atoms with Crippen molar-refractivity contribution in [1.29, 1.82) is 0 Å². The van der Waals surface area contributed by atoms with Crippen molar-refractivity contribution in [1.82, 2.24) is 10.3 Å². The number of halogens is 1. The molecule has 3 aromatic rings. The van der Waals surface area contributed by atoms with Crippen LogP contribution < -0.4 is 10.6 Å². The number of rotatable bonds is 5. The quantitative estimate of drug-likeness (QED) is 0.742. The lowest BCUT2D eigenvalue weighted by atomic mass is 10.1. The number of benzene rings is 2. The Bertz CT molecular complexity index is 929. The fourth-order valence-corrected chi connectivity index (χ4v) is 2.36. The molecule has 5 nitrogen and oxygen atoms in total. The van der Waals surface area contributed by atoms with Gasteiger partial charge in [-0.05, 0) is 36.4 Å². The Morgan fingerprint density at radius 1 is 0.923 bits per heavy atom. The van der Waals surface area contributed by atoms with Crippen LogP contribution in [0, 0.1) is 5.82 Å². The second kappa shape index (κ2) is 8.02. The van der Waals surface area contributed by atoms with Crippen LogP contribution in [-0.4, -0.2) is 16.8 Å². The lowest BCUT2D eigenvalue weighted by Crippen LogP contribution is -2.23. The van der Waals surface area contributed by atoms with Crippen molar-refractivity contribution in [3.63, 3.8) is 0 Å². The van der Waals surface area contributed by atoms with E-state index in [0.29, 0.717) is 22.4 Å². The van der Waals surface area contributed by atoms with E-state index in [2.05, 4.69) is 15.6 Å². The molecule has 130 valence electrons. The first-order valence-electron chi connectivity index (χ1n) is 7.96. The number of nitrogens with zero attached hydrogens (tertiary/aromatic N) is 1. The van der Waals surface area contributed by atoms with Crippen molar-refractivity contribution in [2.75, 3.05) is 5.32 Å². The number of nitrogens with one attached hydrogen (secondary N) is 2. The summed E-state index contributed by atoms with van der Waals surface area (Å²) in [5.41, 5.74) is 1.67. The fraction of sp³-hybridized carbons (Fsp3) is 0.0500. The first kappa shape index (κ1) is 17.3. The zero-order chi connectivity index (χ0) is 18.4. The highest BCUT2D eigenvalue weighted by molar-refractivity contribution is 6.04. The van der Waals surface area contributed by atoms with E-state index in [1.165, 1.54) is 12.3 Å². The molecule has 0 unspecified atom stereocenters. The molecule has 3 rings (SSSR count). The zero-order valence-corrected chi connectivity index (χ0v) is 13.8. The Labute approximate surface area is 149 Å². The third-order valence-electron chi connectivity index (χ3n) is 3.70. The average Bonchev–Trinajstić information content (AvgIpc) is 2.68. The van der Waals surface area contributed by atoms with Crippen LogP contribution in [0.2, 0.25) is 0 Å². The van der Waals surface area contributed by atoms with E-state index in [1.807, 2.05) is 0 Å². The number of carbonyl (C=O) groups is 2. The van der Waals surface area contributed by atoms with Crippen LogP contribution in [0.1, 0.15) is 26.3 Å². The minimum atomic E-state index is -0.370. The standard InChI is InChI=1S/C20H16FN3O2/c21-18-9-2-1-5-15(18)13-23-19(25)14-6-3-8-17(11-14)24-20(26)16-7-4-10-22-12-16/h1-12H,13H2,(H,23,25)(H,24,26). The molecule has 6 heteroatoms. The van der Waals surface area contributed by atoms with Gasteiger partial charge in [-0.15, -0.1) is 0 Å². The van der Waals surface area contributed by atoms with Crippen molar-refractivity contribution in [3.05, 3.63) is 95.6 Å². The second-order valence-electron chi connectivity index (χ2n) is 5.55. The lowest BCUT2D eigenvalue weighted by molar-refractivity contribution is 0.0949. The molecule has 0 saturated heterocycles. The van der Waals surface area contributed by atoms with Gasteiger partial charge in [0.05, 0.1) is 5.56 Å². The van der Waals surface area contributed by atoms with Crippen molar-refractivity contribution in [2.24, 2.45) is 0 Å². The number of hydrogen-bond donors (Lipinski definition) is 2. The maximum absolute atomic E-state index is 13.6. The van der Waals surface area contributed by atoms with Crippen LogP contribution in [0.15, 0.2) is 73.1 Å². The molecule has 26 heavy (non-hydrogen) atoms. The van der Waals surface area contributed by atoms with E-state index < -0.39 is 0 Å². The summed E-state index contributed by atoms with van der Waals surface area (Å²) in [6.45, 7) is 0.0811. The normalized spacial score (nSPS) is 10.2. The van der Waals surface area contributed by atoms with E-state index >= 15 is 0 Å². The van der Waals surface area contributed by atoms with Gasteiger partial charge < -0.3 is 10.6 Å². The molecule has 0 fully saturated rings. The van der Waals surface area contributed by atoms with Crippen LogP contribution in [0.5, 0.6) is 0 Å². The summed E-state index contributed by atoms with van der Waals surface area (Å²) in [6.07, 6.45) is 3.04. The summed E-state index contributed by atoms with van der Waals surface area (Å²) >= 11 is 0. The monoisotopic (exact) mass is 349 g/mol. The highest BCUT2D eigenvalue weighted by Crippen LogP contribution is 2.13. The van der Waals surface area contributed by atoms with Crippen molar-refractivity contribution < 1.29 is 14.0 Å². The molecule has 2 N–H and O–H groups in total. The number of anilines is 1. The maximum atomic E-state index is 13.6. The molecule has 0 aliphatic heterocycles. The van der Waals surface area contributed by atoms with Gasteiger partial charge in [0.1, 0.15) is 5.82 Å². The first-order chi connectivity index (χ1) is 12.6. The smallest absolute Gasteiger partial charge is 0.257 e. The molecule has 1 heterocycles. The molecule has 0 saturated carbocycles. The third kappa shape index (κ3) is 4.30. The first-order valence-corrected chi connectivity index (χ1v) is 7.96. The minimum Gasteiger partial charge on any atom is -0.348 e. The number of carbonyl (C=O) groups excluding carboxylic acids is 2. The van der Waals surface area contributed by atoms with Gasteiger partial charge in [-0.1, -0.05) is 24.3 Å². The summed E-state index contributed by atoms with van der Waals surface area (Å²) in [4.78, 5) is 28.3. The SMILES string of the molecule is O=C(NCc1ccccc1F)c1cccc(NC(=O)c2cccnc2)c1. The van der Waals surface area contributed by atoms with E-state index in [0.717, 1.165) is 0 Å². The van der Waals surface area contributed by atoms with Crippen LogP contribution >= 0.6 is 0 Å². The topological polar surface area (TPSA) is 71.1 Å². The lowest BCUT2D eigenvalue weighted by Gasteiger charge is -2.09. The summed E-state index contributed by atoms with van der Waals surface area (Å²) in [6, 6.07) is 16.1. The van der Waals surface area contributed by atoms with E-state index in [9.17, 15) is 14.0 Å². The molecule has 0 radical (unpaired) electrons. The molecule has 2 amide bonds. The van der Waals surface area contributed by atoms with Crippen LogP contribution in [-0.2, 0) is 6.54 Å². The van der Waals surface area contributed by atoms with Gasteiger partial charge in [0.25, 0.3) is 11.8 Å². The highest BCUT2D eigenvalue weighted by Gasteiger charge is 2.10. The number of aromatic nitrogens is 1. The highest BCUT2D eigenvalue weighted by atomic mass is 19.1. The van der Waals surface area contributed by atoms with Gasteiger partial charge >= 0.3 is 0 Å². The molecule has 0 aliphatic rings. The molecule has 0 bridgehead atoms. The van der Waals surface area contributed by atoms with Gasteiger partial charge in [0, 0.05) is 35.8 Å². The fourth-order valence-electron chi connectivity index (χ4n) is 2.36. The van der Waals surface area contributed by atoms with Crippen molar-refractivity contribution >= 4 is 17.5 Å². The Balaban J connectivity index is 1.66. The van der Waals surface area contributed by atoms with E-state index in [4.69, 9.17) is 0 Å². The van der Waals surface area contributed by atoms with Crippen LogP contribution in [0.25, 0.3) is 0 Å². The van der Waals surface area contributed by atoms with Crippen molar-refractivity contribution in [2.45, 2.75) is 6.54 Å². The number of hydrogen-bond acceptors (Lipinski definition) is 3. The second-order valence-corrected chi connectivity index (χ2v) is 5.55. The number of pyridine rings is 1. The molecule has 0 aliphatic carbocycles. The Hall–Kier alpha value is -3.54. The van der Waals surface area contributed by atoms with Gasteiger partial charge in [-0.2, -0.15) is 0 Å². The molecule has 1 aromatic heterocycles. The summed E-state index contributed by atoms with van der Waals surface area (Å²) in [5.74, 6) is -1.04. The summed E-state index contributed by atoms with van der Waals surface area (Å²) < 4.78 is 13.6. The van der Waals surface area contributed by atoms with E-state index in [1.54, 1.807) is 60.8 Å². The summed E-state index contributed by atoms with van der Waals surface area (Å²) in [7, 11) is 0. The van der Waals surface area contributed by atoms with Gasteiger partial charge in [-0.25, -0.2) is 4.39 Å². The predicted octanol–water partition coefficient (Wildman–Crippen LogP) is 3.40.